The Morgan fingerprint density at radius 1 is 1.17 bits per heavy atom. The van der Waals surface area contributed by atoms with Crippen molar-refractivity contribution in [2.45, 2.75) is 24.8 Å². The van der Waals surface area contributed by atoms with E-state index in [4.69, 9.17) is 23.2 Å². The van der Waals surface area contributed by atoms with Crippen molar-refractivity contribution >= 4 is 29.1 Å². The number of alkyl halides is 4. The SMILES string of the molecule is Cc1ncc([C@@H](CNC(=O)c2cccc(Cl)c2Cl)N2CC(F)(F)C(F)(F)C2)cn1. The fraction of sp³-hybridized carbons (Fsp3) is 0.389. The van der Waals surface area contributed by atoms with E-state index >= 15 is 0 Å². The Hall–Kier alpha value is -1.97. The van der Waals surface area contributed by atoms with Crippen molar-refractivity contribution in [3.63, 3.8) is 0 Å². The molecule has 156 valence electrons. The Balaban J connectivity index is 1.84. The minimum atomic E-state index is -4.18. The summed E-state index contributed by atoms with van der Waals surface area (Å²) in [6.07, 6.45) is 2.72. The number of nitrogens with one attached hydrogen (secondary N) is 1. The zero-order valence-corrected chi connectivity index (χ0v) is 16.6. The fourth-order valence-corrected chi connectivity index (χ4v) is 3.40. The first-order valence-corrected chi connectivity index (χ1v) is 9.28. The van der Waals surface area contributed by atoms with Gasteiger partial charge in [0.2, 0.25) is 0 Å². The van der Waals surface area contributed by atoms with Gasteiger partial charge in [-0.15, -0.1) is 0 Å². The van der Waals surface area contributed by atoms with Crippen molar-refractivity contribution in [3.8, 4) is 0 Å². The summed E-state index contributed by atoms with van der Waals surface area (Å²) in [6, 6.07) is 3.47. The number of likely N-dealkylation sites (tertiary alicyclic amines) is 1. The molecule has 2 aromatic rings. The molecule has 3 rings (SSSR count). The molecule has 1 saturated heterocycles. The van der Waals surface area contributed by atoms with E-state index in [1.165, 1.54) is 30.6 Å². The van der Waals surface area contributed by atoms with Gasteiger partial charge in [0.15, 0.2) is 0 Å². The van der Waals surface area contributed by atoms with Crippen LogP contribution in [0.5, 0.6) is 0 Å². The molecule has 1 aliphatic heterocycles. The summed E-state index contributed by atoms with van der Waals surface area (Å²) in [4.78, 5) is 21.4. The largest absolute Gasteiger partial charge is 0.350 e. The monoisotopic (exact) mass is 450 g/mol. The first-order chi connectivity index (χ1) is 13.5. The standard InChI is InChI=1S/C18H16Cl2F4N4O/c1-10-25-5-11(6-26-10)14(28-8-17(21,22)18(23,24)9-28)7-27-16(29)12-3-2-4-13(19)15(12)20/h2-6,14H,7-9H2,1H3,(H,27,29)/t14-/m1/s1. The molecule has 0 unspecified atom stereocenters. The summed E-state index contributed by atoms with van der Waals surface area (Å²) in [5.74, 6) is -8.55. The predicted molar refractivity (Wildman–Crippen MR) is 99.8 cm³/mol. The van der Waals surface area contributed by atoms with Crippen LogP contribution in [-0.2, 0) is 0 Å². The van der Waals surface area contributed by atoms with Gasteiger partial charge in [-0.05, 0) is 19.1 Å². The number of rotatable bonds is 5. The van der Waals surface area contributed by atoms with Crippen LogP contribution in [-0.4, -0.2) is 52.3 Å². The zero-order valence-electron chi connectivity index (χ0n) is 15.1. The lowest BCUT2D eigenvalue weighted by atomic mass is 10.1. The molecule has 1 fully saturated rings. The fourth-order valence-electron chi connectivity index (χ4n) is 3.01. The van der Waals surface area contributed by atoms with Gasteiger partial charge in [0.25, 0.3) is 5.91 Å². The van der Waals surface area contributed by atoms with Crippen LogP contribution >= 0.6 is 23.2 Å². The molecule has 0 saturated carbocycles. The van der Waals surface area contributed by atoms with Gasteiger partial charge in [0.05, 0.1) is 34.7 Å². The van der Waals surface area contributed by atoms with Crippen LogP contribution in [0.2, 0.25) is 10.0 Å². The lowest BCUT2D eigenvalue weighted by molar-refractivity contribution is -0.172. The van der Waals surface area contributed by atoms with Crippen LogP contribution in [0.15, 0.2) is 30.6 Å². The van der Waals surface area contributed by atoms with Crippen LogP contribution in [0.25, 0.3) is 0 Å². The molecule has 2 heterocycles. The summed E-state index contributed by atoms with van der Waals surface area (Å²) in [7, 11) is 0. The van der Waals surface area contributed by atoms with Gasteiger partial charge in [-0.3, -0.25) is 9.69 Å². The first-order valence-electron chi connectivity index (χ1n) is 8.52. The minimum absolute atomic E-state index is 0.0288. The Labute approximate surface area is 174 Å². The molecule has 0 aliphatic carbocycles. The van der Waals surface area contributed by atoms with Gasteiger partial charge in [-0.1, -0.05) is 29.3 Å². The maximum Gasteiger partial charge on any atom is 0.323 e. The van der Waals surface area contributed by atoms with E-state index in [0.29, 0.717) is 11.4 Å². The van der Waals surface area contributed by atoms with Crippen molar-refractivity contribution in [1.29, 1.82) is 0 Å². The van der Waals surface area contributed by atoms with Gasteiger partial charge in [0.1, 0.15) is 5.82 Å². The summed E-state index contributed by atoms with van der Waals surface area (Å²) in [5.41, 5.74) is 0.400. The van der Waals surface area contributed by atoms with Crippen molar-refractivity contribution in [3.05, 3.63) is 57.6 Å². The predicted octanol–water partition coefficient (Wildman–Crippen LogP) is 4.15. The molecule has 1 N–H and O–H groups in total. The highest BCUT2D eigenvalue weighted by molar-refractivity contribution is 6.43. The number of carbonyl (C=O) groups is 1. The van der Waals surface area contributed by atoms with Crippen LogP contribution in [0, 0.1) is 6.92 Å². The quantitative estimate of drug-likeness (QED) is 0.695. The van der Waals surface area contributed by atoms with E-state index in [0.717, 1.165) is 4.90 Å². The highest BCUT2D eigenvalue weighted by Crippen LogP contribution is 2.43. The number of halogens is 6. The third kappa shape index (κ3) is 4.46. The average Bonchev–Trinajstić information content (AvgIpc) is 2.86. The number of hydrogen-bond donors (Lipinski definition) is 1. The molecule has 1 aliphatic rings. The molecule has 5 nitrogen and oxygen atoms in total. The molecule has 29 heavy (non-hydrogen) atoms. The Morgan fingerprint density at radius 2 is 1.76 bits per heavy atom. The zero-order chi connectivity index (χ0) is 21.4. The molecule has 0 spiro atoms. The molecule has 0 bridgehead atoms. The number of aromatic nitrogens is 2. The maximum absolute atomic E-state index is 13.7. The molecule has 1 atom stereocenters. The number of hydrogen-bond acceptors (Lipinski definition) is 4. The summed E-state index contributed by atoms with van der Waals surface area (Å²) in [6.45, 7) is -0.932. The van der Waals surface area contributed by atoms with E-state index in [1.807, 2.05) is 0 Å². The molecule has 1 amide bonds. The third-order valence-electron chi connectivity index (χ3n) is 4.62. The molecule has 1 aromatic carbocycles. The Kier molecular flexibility index (Phi) is 6.03. The second kappa shape index (κ2) is 8.04. The first kappa shape index (κ1) is 21.7. The third-order valence-corrected chi connectivity index (χ3v) is 5.44. The van der Waals surface area contributed by atoms with Crippen LogP contribution in [0.4, 0.5) is 17.6 Å². The van der Waals surface area contributed by atoms with Gasteiger partial charge in [-0.2, -0.15) is 17.6 Å². The normalized spacial score (nSPS) is 19.1. The van der Waals surface area contributed by atoms with Crippen LogP contribution in [0.1, 0.15) is 27.8 Å². The Morgan fingerprint density at radius 3 is 2.34 bits per heavy atom. The van der Waals surface area contributed by atoms with Crippen molar-refractivity contribution in [2.75, 3.05) is 19.6 Å². The van der Waals surface area contributed by atoms with Crippen LogP contribution in [0.3, 0.4) is 0 Å². The number of amides is 1. The average molecular weight is 451 g/mol. The maximum atomic E-state index is 13.7. The number of carbonyl (C=O) groups excluding carboxylic acids is 1. The van der Waals surface area contributed by atoms with E-state index in [-0.39, 0.29) is 22.2 Å². The molecular weight excluding hydrogens is 435 g/mol. The number of benzene rings is 1. The second-order valence-corrected chi connectivity index (χ2v) is 7.49. The van der Waals surface area contributed by atoms with Gasteiger partial charge in [0, 0.05) is 24.5 Å². The smallest absolute Gasteiger partial charge is 0.323 e. The minimum Gasteiger partial charge on any atom is -0.350 e. The molecule has 11 heteroatoms. The second-order valence-electron chi connectivity index (χ2n) is 6.70. The summed E-state index contributed by atoms with van der Waals surface area (Å²) in [5, 5.41) is 2.74. The lowest BCUT2D eigenvalue weighted by Crippen LogP contribution is -2.38. The van der Waals surface area contributed by atoms with Gasteiger partial charge in [-0.25, -0.2) is 9.97 Å². The van der Waals surface area contributed by atoms with E-state index in [2.05, 4.69) is 15.3 Å². The number of aryl methyl sites for hydroxylation is 1. The molecule has 1 aromatic heterocycles. The van der Waals surface area contributed by atoms with E-state index in [9.17, 15) is 22.4 Å². The van der Waals surface area contributed by atoms with Crippen molar-refractivity contribution in [2.24, 2.45) is 0 Å². The summed E-state index contributed by atoms with van der Waals surface area (Å²) >= 11 is 11.9. The lowest BCUT2D eigenvalue weighted by Gasteiger charge is -2.27. The van der Waals surface area contributed by atoms with Crippen molar-refractivity contribution in [1.82, 2.24) is 20.2 Å². The van der Waals surface area contributed by atoms with E-state index in [1.54, 1.807) is 6.92 Å². The summed E-state index contributed by atoms with van der Waals surface area (Å²) < 4.78 is 54.9. The van der Waals surface area contributed by atoms with Crippen molar-refractivity contribution < 1.29 is 22.4 Å². The van der Waals surface area contributed by atoms with Crippen LogP contribution < -0.4 is 5.32 Å². The Bertz CT molecular complexity index is 895. The van der Waals surface area contributed by atoms with E-state index < -0.39 is 36.9 Å². The highest BCUT2D eigenvalue weighted by Gasteiger charge is 2.63. The molecular formula is C18H16Cl2F4N4O. The molecule has 0 radical (unpaired) electrons. The van der Waals surface area contributed by atoms with Gasteiger partial charge >= 0.3 is 11.8 Å². The number of nitrogens with zero attached hydrogens (tertiary/aromatic N) is 3. The highest BCUT2D eigenvalue weighted by atomic mass is 35.5. The topological polar surface area (TPSA) is 58.1 Å². The van der Waals surface area contributed by atoms with Gasteiger partial charge < -0.3 is 5.32 Å².